The van der Waals surface area contributed by atoms with Gasteiger partial charge in [-0.3, -0.25) is 9.59 Å². The van der Waals surface area contributed by atoms with Crippen LogP contribution in [0.1, 0.15) is 60.8 Å². The second kappa shape index (κ2) is 8.37. The van der Waals surface area contributed by atoms with Crippen molar-refractivity contribution in [1.29, 1.82) is 0 Å². The number of hydrogen-bond acceptors (Lipinski definition) is 3. The van der Waals surface area contributed by atoms with Crippen LogP contribution in [0.5, 0.6) is 0 Å². The Balaban J connectivity index is 4.13. The maximum Gasteiger partial charge on any atom is 0.303 e. The van der Waals surface area contributed by atoms with Crippen LogP contribution in [-0.4, -0.2) is 35.6 Å². The van der Waals surface area contributed by atoms with E-state index in [1.165, 1.54) is 0 Å². The molecule has 1 amide bonds. The van der Waals surface area contributed by atoms with Gasteiger partial charge in [0.05, 0.1) is 6.54 Å². The maximum absolute atomic E-state index is 11.7. The number of rotatable bonds is 8. The van der Waals surface area contributed by atoms with Crippen molar-refractivity contribution in [1.82, 2.24) is 10.6 Å². The van der Waals surface area contributed by atoms with Gasteiger partial charge in [0.15, 0.2) is 0 Å². The minimum Gasteiger partial charge on any atom is -0.481 e. The van der Waals surface area contributed by atoms with E-state index in [-0.39, 0.29) is 29.2 Å². The van der Waals surface area contributed by atoms with E-state index in [4.69, 9.17) is 5.11 Å². The minimum atomic E-state index is -0.761. The monoisotopic (exact) mass is 300 g/mol. The van der Waals surface area contributed by atoms with Crippen molar-refractivity contribution in [2.45, 2.75) is 66.3 Å². The van der Waals surface area contributed by atoms with Gasteiger partial charge in [0.25, 0.3) is 0 Å². The molecule has 5 heteroatoms. The molecule has 3 N–H and O–H groups in total. The molecule has 0 aliphatic heterocycles. The van der Waals surface area contributed by atoms with Crippen molar-refractivity contribution >= 4 is 11.9 Å². The number of aliphatic carboxylic acids is 1. The molecule has 0 saturated carbocycles. The molecular weight excluding hydrogens is 268 g/mol. The fraction of sp³-hybridized carbons (Fsp3) is 0.875. The molecule has 1 unspecified atom stereocenters. The highest BCUT2D eigenvalue weighted by Crippen LogP contribution is 2.32. The summed E-state index contributed by atoms with van der Waals surface area (Å²) in [5, 5.41) is 14.8. The van der Waals surface area contributed by atoms with E-state index in [1.54, 1.807) is 0 Å². The number of carbonyl (C=O) groups is 2. The highest BCUT2D eigenvalue weighted by Gasteiger charge is 2.24. The van der Waals surface area contributed by atoms with Crippen molar-refractivity contribution in [2.24, 2.45) is 11.3 Å². The third-order valence-corrected chi connectivity index (χ3v) is 3.53. The zero-order valence-electron chi connectivity index (χ0n) is 14.4. The first kappa shape index (κ1) is 19.9. The average molecular weight is 300 g/mol. The summed E-state index contributed by atoms with van der Waals surface area (Å²) in [5.41, 5.74) is -0.0311. The second-order valence-electron chi connectivity index (χ2n) is 7.74. The molecule has 1 atom stereocenters. The summed E-state index contributed by atoms with van der Waals surface area (Å²) in [6.07, 6.45) is 1.63. The molecule has 0 radical (unpaired) electrons. The molecule has 124 valence electrons. The largest absolute Gasteiger partial charge is 0.481 e. The predicted molar refractivity (Wildman–Crippen MR) is 85.2 cm³/mol. The van der Waals surface area contributed by atoms with Gasteiger partial charge in [-0.25, -0.2) is 0 Å². The molecule has 0 aromatic rings. The maximum atomic E-state index is 11.7. The lowest BCUT2D eigenvalue weighted by Crippen LogP contribution is -2.43. The molecular formula is C16H32N2O3. The van der Waals surface area contributed by atoms with E-state index in [0.717, 1.165) is 6.42 Å². The van der Waals surface area contributed by atoms with Crippen LogP contribution in [0.15, 0.2) is 0 Å². The van der Waals surface area contributed by atoms with Gasteiger partial charge in [0.2, 0.25) is 5.91 Å². The molecule has 0 heterocycles. The van der Waals surface area contributed by atoms with Gasteiger partial charge in [-0.15, -0.1) is 0 Å². The van der Waals surface area contributed by atoms with Gasteiger partial charge in [-0.2, -0.15) is 0 Å². The molecule has 0 aliphatic carbocycles. The molecule has 5 nitrogen and oxygen atoms in total. The van der Waals surface area contributed by atoms with Gasteiger partial charge >= 0.3 is 5.97 Å². The standard InChI is InChI=1S/C16H32N2O3/c1-15(2,3)12(7-8-14(20)21)9-10-17-13(19)11-18-16(4,5)6/h12,18H,7-11H2,1-6H3,(H,17,19)(H,20,21). The van der Waals surface area contributed by atoms with Crippen LogP contribution >= 0.6 is 0 Å². The van der Waals surface area contributed by atoms with Gasteiger partial charge in [0.1, 0.15) is 0 Å². The van der Waals surface area contributed by atoms with E-state index in [2.05, 4.69) is 31.4 Å². The van der Waals surface area contributed by atoms with Crippen molar-refractivity contribution in [3.8, 4) is 0 Å². The van der Waals surface area contributed by atoms with Crippen LogP contribution in [0.2, 0.25) is 0 Å². The topological polar surface area (TPSA) is 78.4 Å². The molecule has 0 aromatic heterocycles. The molecule has 0 aliphatic rings. The van der Waals surface area contributed by atoms with E-state index < -0.39 is 5.97 Å². The Kier molecular flexibility index (Phi) is 7.93. The summed E-state index contributed by atoms with van der Waals surface area (Å²) in [5.74, 6) is -0.497. The summed E-state index contributed by atoms with van der Waals surface area (Å²) >= 11 is 0. The highest BCUT2D eigenvalue weighted by molar-refractivity contribution is 5.78. The Labute approximate surface area is 128 Å². The van der Waals surface area contributed by atoms with Crippen molar-refractivity contribution in [3.63, 3.8) is 0 Å². The molecule has 0 saturated heterocycles. The summed E-state index contributed by atoms with van der Waals surface area (Å²) in [7, 11) is 0. The molecule has 0 rings (SSSR count). The van der Waals surface area contributed by atoms with Crippen LogP contribution in [0.3, 0.4) is 0 Å². The van der Waals surface area contributed by atoms with E-state index in [1.807, 2.05) is 20.8 Å². The Morgan fingerprint density at radius 3 is 2.05 bits per heavy atom. The number of hydrogen-bond donors (Lipinski definition) is 3. The number of amides is 1. The third kappa shape index (κ3) is 11.3. The molecule has 0 bridgehead atoms. The quantitative estimate of drug-likeness (QED) is 0.643. The van der Waals surface area contributed by atoms with Crippen LogP contribution < -0.4 is 10.6 Å². The Morgan fingerprint density at radius 2 is 1.62 bits per heavy atom. The Bertz CT molecular complexity index is 340. The second-order valence-corrected chi connectivity index (χ2v) is 7.74. The van der Waals surface area contributed by atoms with Crippen LogP contribution in [0, 0.1) is 11.3 Å². The fourth-order valence-corrected chi connectivity index (χ4v) is 2.10. The van der Waals surface area contributed by atoms with E-state index in [0.29, 0.717) is 19.5 Å². The van der Waals surface area contributed by atoms with Gasteiger partial charge < -0.3 is 15.7 Å². The van der Waals surface area contributed by atoms with Crippen LogP contribution in [-0.2, 0) is 9.59 Å². The van der Waals surface area contributed by atoms with Crippen molar-refractivity contribution < 1.29 is 14.7 Å². The van der Waals surface area contributed by atoms with Crippen LogP contribution in [0.25, 0.3) is 0 Å². The van der Waals surface area contributed by atoms with Crippen molar-refractivity contribution in [3.05, 3.63) is 0 Å². The molecule has 0 fully saturated rings. The van der Waals surface area contributed by atoms with Gasteiger partial charge in [-0.1, -0.05) is 20.8 Å². The van der Waals surface area contributed by atoms with Crippen LogP contribution in [0.4, 0.5) is 0 Å². The highest BCUT2D eigenvalue weighted by atomic mass is 16.4. The lowest BCUT2D eigenvalue weighted by molar-refractivity contribution is -0.137. The normalized spacial score (nSPS) is 13.8. The third-order valence-electron chi connectivity index (χ3n) is 3.53. The predicted octanol–water partition coefficient (Wildman–Crippen LogP) is 2.41. The fourth-order valence-electron chi connectivity index (χ4n) is 2.10. The Hall–Kier alpha value is -1.10. The zero-order valence-corrected chi connectivity index (χ0v) is 14.4. The average Bonchev–Trinajstić information content (AvgIpc) is 2.28. The summed E-state index contributed by atoms with van der Waals surface area (Å²) in [6.45, 7) is 13.3. The molecule has 0 spiro atoms. The first-order valence-corrected chi connectivity index (χ1v) is 7.65. The summed E-state index contributed by atoms with van der Waals surface area (Å²) in [4.78, 5) is 22.4. The zero-order chi connectivity index (χ0) is 16.7. The van der Waals surface area contributed by atoms with Crippen molar-refractivity contribution in [2.75, 3.05) is 13.1 Å². The molecule has 0 aromatic carbocycles. The lowest BCUT2D eigenvalue weighted by atomic mass is 9.76. The number of carboxylic acid groups (broad SMARTS) is 1. The number of nitrogens with one attached hydrogen (secondary N) is 2. The molecule has 21 heavy (non-hydrogen) atoms. The lowest BCUT2D eigenvalue weighted by Gasteiger charge is -2.30. The Morgan fingerprint density at radius 1 is 1.05 bits per heavy atom. The SMILES string of the molecule is CC(C)(C)NCC(=O)NCCC(CCC(=O)O)C(C)(C)C. The van der Waals surface area contributed by atoms with E-state index in [9.17, 15) is 9.59 Å². The minimum absolute atomic E-state index is 0.0178. The van der Waals surface area contributed by atoms with Gasteiger partial charge in [-0.05, 0) is 44.9 Å². The summed E-state index contributed by atoms with van der Waals surface area (Å²) in [6, 6.07) is 0. The van der Waals surface area contributed by atoms with E-state index >= 15 is 0 Å². The van der Waals surface area contributed by atoms with Gasteiger partial charge in [0, 0.05) is 18.5 Å². The smallest absolute Gasteiger partial charge is 0.303 e. The number of carboxylic acids is 1. The summed E-state index contributed by atoms with van der Waals surface area (Å²) < 4.78 is 0. The number of carbonyl (C=O) groups excluding carboxylic acids is 1. The first-order chi connectivity index (χ1) is 9.42. The first-order valence-electron chi connectivity index (χ1n) is 7.65.